The Labute approximate surface area is 180 Å². The Balaban J connectivity index is 1.61. The van der Waals surface area contributed by atoms with Crippen LogP contribution < -0.4 is 15.6 Å². The Bertz CT molecular complexity index is 1050. The third-order valence-corrected chi connectivity index (χ3v) is 5.37. The Kier molecular flexibility index (Phi) is 7.68. The summed E-state index contributed by atoms with van der Waals surface area (Å²) in [6, 6.07) is 16.5. The van der Waals surface area contributed by atoms with Crippen LogP contribution in [0.4, 0.5) is 0 Å². The predicted octanol–water partition coefficient (Wildman–Crippen LogP) is 3.85. The molecule has 3 rings (SSSR count). The molecule has 156 valence electrons. The molecule has 1 N–H and O–H groups in total. The summed E-state index contributed by atoms with van der Waals surface area (Å²) < 4.78 is 6.93. The van der Waals surface area contributed by atoms with Gasteiger partial charge in [-0.15, -0.1) is 11.8 Å². The highest BCUT2D eigenvalue weighted by molar-refractivity contribution is 7.99. The molecular formula is C23H25N3O3S. The third-order valence-electron chi connectivity index (χ3n) is 4.41. The van der Waals surface area contributed by atoms with Gasteiger partial charge in [0.15, 0.2) is 0 Å². The molecule has 1 amide bonds. The first kappa shape index (κ1) is 21.6. The van der Waals surface area contributed by atoms with Gasteiger partial charge in [-0.2, -0.15) is 0 Å². The number of nitrogens with one attached hydrogen (secondary N) is 1. The maximum atomic E-state index is 12.5. The molecule has 0 aliphatic heterocycles. The van der Waals surface area contributed by atoms with Crippen molar-refractivity contribution in [2.45, 2.75) is 25.3 Å². The standard InChI is InChI=1S/C23H25N3O3S/c1-3-29-18-11-9-17(10-12-18)20-15-22(27)26(16-25-20)14-13-24-23(28)19-7-5-6-8-21(19)30-4-2/h5-12,15-16H,3-4,13-14H2,1-2H3,(H,24,28). The van der Waals surface area contributed by atoms with Crippen molar-refractivity contribution in [1.29, 1.82) is 0 Å². The van der Waals surface area contributed by atoms with Crippen molar-refractivity contribution in [3.63, 3.8) is 0 Å². The molecule has 1 heterocycles. The number of ether oxygens (including phenoxy) is 1. The fraction of sp³-hybridized carbons (Fsp3) is 0.261. The fourth-order valence-electron chi connectivity index (χ4n) is 2.96. The van der Waals surface area contributed by atoms with Gasteiger partial charge in [-0.1, -0.05) is 19.1 Å². The van der Waals surface area contributed by atoms with E-state index >= 15 is 0 Å². The molecule has 0 aliphatic rings. The number of carbonyl (C=O) groups excluding carboxylic acids is 1. The fourth-order valence-corrected chi connectivity index (χ4v) is 3.76. The molecule has 30 heavy (non-hydrogen) atoms. The zero-order valence-electron chi connectivity index (χ0n) is 17.1. The molecule has 0 atom stereocenters. The van der Waals surface area contributed by atoms with E-state index in [1.807, 2.05) is 55.5 Å². The summed E-state index contributed by atoms with van der Waals surface area (Å²) in [4.78, 5) is 30.3. The Morgan fingerprint density at radius 2 is 1.90 bits per heavy atom. The van der Waals surface area contributed by atoms with Crippen molar-refractivity contribution in [2.24, 2.45) is 0 Å². The van der Waals surface area contributed by atoms with Gasteiger partial charge >= 0.3 is 0 Å². The van der Waals surface area contributed by atoms with E-state index in [1.165, 1.54) is 17.0 Å². The van der Waals surface area contributed by atoms with Crippen molar-refractivity contribution in [1.82, 2.24) is 14.9 Å². The van der Waals surface area contributed by atoms with E-state index < -0.39 is 0 Å². The van der Waals surface area contributed by atoms with Gasteiger partial charge in [-0.25, -0.2) is 4.98 Å². The first-order valence-electron chi connectivity index (χ1n) is 9.92. The van der Waals surface area contributed by atoms with Crippen LogP contribution >= 0.6 is 11.8 Å². The van der Waals surface area contributed by atoms with Gasteiger partial charge in [0.1, 0.15) is 5.75 Å². The van der Waals surface area contributed by atoms with Gasteiger partial charge in [0.05, 0.1) is 24.2 Å². The highest BCUT2D eigenvalue weighted by Crippen LogP contribution is 2.22. The monoisotopic (exact) mass is 423 g/mol. The van der Waals surface area contributed by atoms with E-state index in [4.69, 9.17) is 4.74 Å². The Morgan fingerprint density at radius 3 is 2.60 bits per heavy atom. The molecular weight excluding hydrogens is 398 g/mol. The number of carbonyl (C=O) groups is 1. The molecule has 3 aromatic rings. The molecule has 0 saturated heterocycles. The average Bonchev–Trinajstić information content (AvgIpc) is 2.76. The lowest BCUT2D eigenvalue weighted by molar-refractivity contribution is 0.0949. The lowest BCUT2D eigenvalue weighted by atomic mass is 10.1. The normalized spacial score (nSPS) is 10.6. The topological polar surface area (TPSA) is 73.2 Å². The van der Waals surface area contributed by atoms with Crippen LogP contribution in [0.1, 0.15) is 24.2 Å². The highest BCUT2D eigenvalue weighted by atomic mass is 32.2. The summed E-state index contributed by atoms with van der Waals surface area (Å²) in [5, 5.41) is 2.88. The Morgan fingerprint density at radius 1 is 1.13 bits per heavy atom. The summed E-state index contributed by atoms with van der Waals surface area (Å²) in [7, 11) is 0. The summed E-state index contributed by atoms with van der Waals surface area (Å²) in [5.41, 5.74) is 1.95. The van der Waals surface area contributed by atoms with Gasteiger partial charge in [0.25, 0.3) is 11.5 Å². The van der Waals surface area contributed by atoms with E-state index in [1.54, 1.807) is 11.8 Å². The van der Waals surface area contributed by atoms with Crippen LogP contribution in [0.2, 0.25) is 0 Å². The summed E-state index contributed by atoms with van der Waals surface area (Å²) in [6.07, 6.45) is 1.52. The maximum Gasteiger partial charge on any atom is 0.253 e. The molecule has 0 saturated carbocycles. The lowest BCUT2D eigenvalue weighted by Gasteiger charge is -2.10. The van der Waals surface area contributed by atoms with E-state index in [9.17, 15) is 9.59 Å². The third kappa shape index (κ3) is 5.51. The molecule has 0 unspecified atom stereocenters. The van der Waals surface area contributed by atoms with Crippen LogP contribution in [-0.4, -0.2) is 34.4 Å². The van der Waals surface area contributed by atoms with Crippen LogP contribution in [0.15, 0.2) is 70.6 Å². The van der Waals surface area contributed by atoms with E-state index in [-0.39, 0.29) is 11.5 Å². The highest BCUT2D eigenvalue weighted by Gasteiger charge is 2.10. The van der Waals surface area contributed by atoms with Crippen molar-refractivity contribution >= 4 is 17.7 Å². The second kappa shape index (κ2) is 10.6. The summed E-state index contributed by atoms with van der Waals surface area (Å²) in [6.45, 7) is 5.28. The molecule has 0 fully saturated rings. The van der Waals surface area contributed by atoms with Crippen LogP contribution in [0.5, 0.6) is 5.75 Å². The molecule has 0 aliphatic carbocycles. The number of aromatic nitrogens is 2. The second-order valence-corrected chi connectivity index (χ2v) is 7.75. The van der Waals surface area contributed by atoms with Crippen molar-refractivity contribution in [2.75, 3.05) is 18.9 Å². The minimum atomic E-state index is -0.162. The SMILES string of the molecule is CCOc1ccc(-c2cc(=O)n(CCNC(=O)c3ccccc3SCC)cn2)cc1. The predicted molar refractivity (Wildman–Crippen MR) is 120 cm³/mol. The van der Waals surface area contributed by atoms with Gasteiger partial charge in [0, 0.05) is 29.6 Å². The van der Waals surface area contributed by atoms with Crippen LogP contribution in [0.3, 0.4) is 0 Å². The van der Waals surface area contributed by atoms with Crippen LogP contribution in [0, 0.1) is 0 Å². The van der Waals surface area contributed by atoms with E-state index in [0.29, 0.717) is 31.0 Å². The van der Waals surface area contributed by atoms with Crippen molar-refractivity contribution in [3.8, 4) is 17.0 Å². The number of amides is 1. The smallest absolute Gasteiger partial charge is 0.253 e. The minimum absolute atomic E-state index is 0.140. The number of hydrogen-bond donors (Lipinski definition) is 1. The van der Waals surface area contributed by atoms with E-state index in [2.05, 4.69) is 17.2 Å². The zero-order valence-corrected chi connectivity index (χ0v) is 17.9. The molecule has 0 bridgehead atoms. The van der Waals surface area contributed by atoms with Gasteiger partial charge < -0.3 is 10.1 Å². The molecule has 0 spiro atoms. The number of benzene rings is 2. The maximum absolute atomic E-state index is 12.5. The first-order chi connectivity index (χ1) is 14.6. The molecule has 0 radical (unpaired) electrons. The first-order valence-corrected chi connectivity index (χ1v) is 10.9. The molecule has 7 heteroatoms. The van der Waals surface area contributed by atoms with Crippen molar-refractivity contribution < 1.29 is 9.53 Å². The second-order valence-electron chi connectivity index (χ2n) is 6.45. The van der Waals surface area contributed by atoms with Crippen LogP contribution in [0.25, 0.3) is 11.3 Å². The van der Waals surface area contributed by atoms with E-state index in [0.717, 1.165) is 22.0 Å². The quantitative estimate of drug-likeness (QED) is 0.529. The number of thioether (sulfide) groups is 1. The largest absolute Gasteiger partial charge is 0.494 e. The summed E-state index contributed by atoms with van der Waals surface area (Å²) in [5.74, 6) is 1.54. The number of nitrogens with zero attached hydrogens (tertiary/aromatic N) is 2. The van der Waals surface area contributed by atoms with Gasteiger partial charge in [-0.05, 0) is 49.1 Å². The molecule has 1 aromatic heterocycles. The minimum Gasteiger partial charge on any atom is -0.494 e. The number of rotatable bonds is 9. The zero-order chi connectivity index (χ0) is 21.3. The summed E-state index contributed by atoms with van der Waals surface area (Å²) >= 11 is 1.63. The Hall–Kier alpha value is -3.06. The average molecular weight is 424 g/mol. The van der Waals surface area contributed by atoms with Gasteiger partial charge in [-0.3, -0.25) is 14.2 Å². The molecule has 6 nitrogen and oxygen atoms in total. The number of hydrogen-bond acceptors (Lipinski definition) is 5. The van der Waals surface area contributed by atoms with Crippen molar-refractivity contribution in [3.05, 3.63) is 76.8 Å². The van der Waals surface area contributed by atoms with Crippen LogP contribution in [-0.2, 0) is 6.54 Å². The lowest BCUT2D eigenvalue weighted by Crippen LogP contribution is -2.31. The molecule has 2 aromatic carbocycles. The van der Waals surface area contributed by atoms with Gasteiger partial charge in [0.2, 0.25) is 0 Å².